The number of rotatable bonds is 1. The summed E-state index contributed by atoms with van der Waals surface area (Å²) >= 11 is 0. The number of benzene rings is 2. The van der Waals surface area contributed by atoms with Crippen molar-refractivity contribution in [3.63, 3.8) is 0 Å². The zero-order valence-electron chi connectivity index (χ0n) is 16.6. The van der Waals surface area contributed by atoms with E-state index in [1.165, 1.54) is 22.4 Å². The molecule has 0 fully saturated rings. The minimum atomic E-state index is 0.375. The number of aryl methyl sites for hydroxylation is 2. The molecule has 0 saturated carbocycles. The van der Waals surface area contributed by atoms with Crippen LogP contribution in [0.5, 0.6) is 0 Å². The Hall–Kier alpha value is -3.21. The normalized spacial score (nSPS) is 16.0. The fraction of sp³-hybridized carbons (Fsp3) is 0.261. The van der Waals surface area contributed by atoms with Crippen LogP contribution in [0.3, 0.4) is 0 Å². The molecular weight excluding hydrogens is 346 g/mol. The first-order valence-corrected chi connectivity index (χ1v) is 9.65. The Bertz CT molecular complexity index is 1210. The van der Waals surface area contributed by atoms with Gasteiger partial charge in [0.15, 0.2) is 0 Å². The molecule has 0 amide bonds. The smallest absolute Gasteiger partial charge is 0.147 e. The Balaban J connectivity index is 1.73. The summed E-state index contributed by atoms with van der Waals surface area (Å²) in [6, 6.07) is 13.0. The maximum Gasteiger partial charge on any atom is 0.147 e. The van der Waals surface area contributed by atoms with Gasteiger partial charge in [0.25, 0.3) is 0 Å². The lowest BCUT2D eigenvalue weighted by Crippen LogP contribution is -2.15. The number of aromatic nitrogens is 4. The molecule has 1 aliphatic heterocycles. The third kappa shape index (κ3) is 2.50. The molecule has 0 radical (unpaired) electrons. The van der Waals surface area contributed by atoms with Gasteiger partial charge in [-0.1, -0.05) is 30.7 Å². The molecule has 0 saturated heterocycles. The summed E-state index contributed by atoms with van der Waals surface area (Å²) in [6.07, 6.45) is 4.42. The fourth-order valence-corrected chi connectivity index (χ4v) is 4.27. The first kappa shape index (κ1) is 16.9. The van der Waals surface area contributed by atoms with Crippen LogP contribution in [0.2, 0.25) is 0 Å². The van der Waals surface area contributed by atoms with E-state index in [4.69, 9.17) is 0 Å². The molecule has 0 N–H and O–H groups in total. The van der Waals surface area contributed by atoms with Gasteiger partial charge in [-0.05, 0) is 55.5 Å². The molecule has 4 aromatic rings. The van der Waals surface area contributed by atoms with E-state index in [0.717, 1.165) is 34.7 Å². The summed E-state index contributed by atoms with van der Waals surface area (Å²) in [5.41, 5.74) is 8.28. The molecule has 5 rings (SSSR count). The average molecular weight is 369 g/mol. The fourth-order valence-electron chi connectivity index (χ4n) is 4.27. The van der Waals surface area contributed by atoms with Crippen LogP contribution in [-0.2, 0) is 6.42 Å². The zero-order chi connectivity index (χ0) is 19.4. The molecule has 1 unspecified atom stereocenters. The van der Waals surface area contributed by atoms with Crippen molar-refractivity contribution in [1.29, 1.82) is 0 Å². The molecule has 0 aliphatic carbocycles. The third-order valence-corrected chi connectivity index (χ3v) is 5.73. The second-order valence-electron chi connectivity index (χ2n) is 7.83. The quantitative estimate of drug-likeness (QED) is 0.481. The molecule has 3 heterocycles. The van der Waals surface area contributed by atoms with Crippen molar-refractivity contribution >= 4 is 22.5 Å². The SMILES string of the molecule is Cc1ccc2c(c1)C(C)Cc1c(ncnc1-n1cnc3cc(C)ccc31)N2C. The Morgan fingerprint density at radius 3 is 2.54 bits per heavy atom. The molecule has 5 heteroatoms. The van der Waals surface area contributed by atoms with E-state index in [1.54, 1.807) is 6.33 Å². The number of anilines is 2. The first-order chi connectivity index (χ1) is 13.5. The number of fused-ring (bicyclic) bond motifs is 3. The van der Waals surface area contributed by atoms with Gasteiger partial charge >= 0.3 is 0 Å². The second-order valence-corrected chi connectivity index (χ2v) is 7.83. The summed E-state index contributed by atoms with van der Waals surface area (Å²) in [4.78, 5) is 16.1. The van der Waals surface area contributed by atoms with Gasteiger partial charge in [0.1, 0.15) is 24.3 Å². The first-order valence-electron chi connectivity index (χ1n) is 9.65. The molecule has 0 bridgehead atoms. The lowest BCUT2D eigenvalue weighted by atomic mass is 9.93. The predicted molar refractivity (Wildman–Crippen MR) is 113 cm³/mol. The van der Waals surface area contributed by atoms with E-state index in [1.807, 2.05) is 6.33 Å². The highest BCUT2D eigenvalue weighted by Gasteiger charge is 2.27. The minimum Gasteiger partial charge on any atom is -0.329 e. The van der Waals surface area contributed by atoms with Crippen LogP contribution >= 0.6 is 0 Å². The molecule has 0 spiro atoms. The van der Waals surface area contributed by atoms with Crippen LogP contribution in [0.4, 0.5) is 11.5 Å². The van der Waals surface area contributed by atoms with Crippen LogP contribution in [0.1, 0.15) is 35.1 Å². The van der Waals surface area contributed by atoms with Crippen LogP contribution in [0, 0.1) is 13.8 Å². The predicted octanol–water partition coefficient (Wildman–Crippen LogP) is 4.86. The van der Waals surface area contributed by atoms with E-state index < -0.39 is 0 Å². The monoisotopic (exact) mass is 369 g/mol. The van der Waals surface area contributed by atoms with Gasteiger partial charge in [0, 0.05) is 18.3 Å². The van der Waals surface area contributed by atoms with E-state index in [-0.39, 0.29) is 0 Å². The Morgan fingerprint density at radius 1 is 0.929 bits per heavy atom. The van der Waals surface area contributed by atoms with E-state index >= 15 is 0 Å². The summed E-state index contributed by atoms with van der Waals surface area (Å²) in [7, 11) is 2.09. The van der Waals surface area contributed by atoms with E-state index in [2.05, 4.69) is 88.6 Å². The van der Waals surface area contributed by atoms with Gasteiger partial charge in [-0.2, -0.15) is 0 Å². The van der Waals surface area contributed by atoms with E-state index in [0.29, 0.717) is 5.92 Å². The van der Waals surface area contributed by atoms with Crippen molar-refractivity contribution in [3.8, 4) is 5.82 Å². The summed E-state index contributed by atoms with van der Waals surface area (Å²) in [5.74, 6) is 2.26. The van der Waals surface area contributed by atoms with Crippen molar-refractivity contribution < 1.29 is 0 Å². The molecule has 5 nitrogen and oxygen atoms in total. The third-order valence-electron chi connectivity index (χ3n) is 5.73. The lowest BCUT2D eigenvalue weighted by molar-refractivity contribution is 0.755. The topological polar surface area (TPSA) is 46.8 Å². The summed E-state index contributed by atoms with van der Waals surface area (Å²) < 4.78 is 2.09. The number of nitrogens with zero attached hydrogens (tertiary/aromatic N) is 5. The standard InChI is InChI=1S/C23H23N5/c1-14-5-7-20-17(9-14)16(3)11-18-22(27(20)4)24-12-25-23(18)28-13-26-19-10-15(2)6-8-21(19)28/h5-10,12-13,16H,11H2,1-4H3. The van der Waals surface area contributed by atoms with Gasteiger partial charge in [0.05, 0.1) is 11.0 Å². The molecule has 140 valence electrons. The van der Waals surface area contributed by atoms with Crippen molar-refractivity contribution in [2.45, 2.75) is 33.1 Å². The van der Waals surface area contributed by atoms with Gasteiger partial charge < -0.3 is 4.90 Å². The lowest BCUT2D eigenvalue weighted by Gasteiger charge is -2.22. The average Bonchev–Trinajstić information content (AvgIpc) is 3.06. The second kappa shape index (κ2) is 6.16. The zero-order valence-corrected chi connectivity index (χ0v) is 16.6. The van der Waals surface area contributed by atoms with Crippen LogP contribution in [-0.4, -0.2) is 26.6 Å². The minimum absolute atomic E-state index is 0.375. The van der Waals surface area contributed by atoms with Crippen molar-refractivity contribution in [1.82, 2.24) is 19.5 Å². The molecule has 28 heavy (non-hydrogen) atoms. The largest absolute Gasteiger partial charge is 0.329 e. The van der Waals surface area contributed by atoms with Crippen LogP contribution < -0.4 is 4.90 Å². The van der Waals surface area contributed by atoms with Gasteiger partial charge in [-0.15, -0.1) is 0 Å². The molecule has 1 atom stereocenters. The maximum absolute atomic E-state index is 4.68. The Labute approximate surface area is 164 Å². The molecule has 2 aromatic carbocycles. The van der Waals surface area contributed by atoms with Gasteiger partial charge in [-0.25, -0.2) is 15.0 Å². The van der Waals surface area contributed by atoms with Gasteiger partial charge in [0.2, 0.25) is 0 Å². The molecule has 2 aromatic heterocycles. The number of imidazole rings is 1. The van der Waals surface area contributed by atoms with E-state index in [9.17, 15) is 0 Å². The number of hydrogen-bond acceptors (Lipinski definition) is 4. The molecular formula is C23H23N5. The van der Waals surface area contributed by atoms with Crippen molar-refractivity contribution in [2.75, 3.05) is 11.9 Å². The highest BCUT2D eigenvalue weighted by atomic mass is 15.2. The highest BCUT2D eigenvalue weighted by molar-refractivity contribution is 5.79. The maximum atomic E-state index is 4.68. The molecule has 1 aliphatic rings. The van der Waals surface area contributed by atoms with Gasteiger partial charge in [-0.3, -0.25) is 4.57 Å². The Morgan fingerprint density at radius 2 is 1.68 bits per heavy atom. The Kier molecular flexibility index (Phi) is 3.72. The van der Waals surface area contributed by atoms with Crippen molar-refractivity contribution in [3.05, 3.63) is 71.3 Å². The summed E-state index contributed by atoms with van der Waals surface area (Å²) in [5, 5.41) is 0. The highest BCUT2D eigenvalue weighted by Crippen LogP contribution is 2.41. The number of hydrogen-bond donors (Lipinski definition) is 0. The van der Waals surface area contributed by atoms with Crippen LogP contribution in [0.25, 0.3) is 16.9 Å². The summed E-state index contributed by atoms with van der Waals surface area (Å²) in [6.45, 7) is 6.52. The van der Waals surface area contributed by atoms with Crippen LogP contribution in [0.15, 0.2) is 49.1 Å². The van der Waals surface area contributed by atoms with Crippen molar-refractivity contribution in [2.24, 2.45) is 0 Å².